The number of aromatic nitrogens is 3. The van der Waals surface area contributed by atoms with Crippen molar-refractivity contribution in [2.45, 2.75) is 38.3 Å². The normalized spacial score (nSPS) is 20.6. The summed E-state index contributed by atoms with van der Waals surface area (Å²) in [4.78, 5) is 18.8. The summed E-state index contributed by atoms with van der Waals surface area (Å²) >= 11 is 1.82. The Kier molecular flexibility index (Phi) is 3.87. The van der Waals surface area contributed by atoms with Crippen LogP contribution in [0.15, 0.2) is 30.9 Å². The third kappa shape index (κ3) is 2.60. The fraction of sp³-hybridized carbons (Fsp3) is 0.421. The highest BCUT2D eigenvalue weighted by molar-refractivity contribution is 7.19. The summed E-state index contributed by atoms with van der Waals surface area (Å²) in [5.74, 6) is 1.12. The first kappa shape index (κ1) is 15.2. The Balaban J connectivity index is 1.65. The molecule has 1 N–H and O–H groups in total. The molecule has 5 rings (SSSR count). The van der Waals surface area contributed by atoms with Gasteiger partial charge >= 0.3 is 0 Å². The van der Waals surface area contributed by atoms with Crippen LogP contribution in [0.2, 0.25) is 0 Å². The van der Waals surface area contributed by atoms with Gasteiger partial charge in [0, 0.05) is 30.4 Å². The van der Waals surface area contributed by atoms with E-state index in [-0.39, 0.29) is 0 Å². The lowest BCUT2D eigenvalue weighted by molar-refractivity contribution is 0.469. The summed E-state index contributed by atoms with van der Waals surface area (Å²) in [5, 5.41) is 4.77. The molecule has 3 aromatic rings. The summed E-state index contributed by atoms with van der Waals surface area (Å²) < 4.78 is 0. The molecule has 0 aliphatic carbocycles. The maximum absolute atomic E-state index is 4.77. The van der Waals surface area contributed by atoms with Crippen LogP contribution in [0.4, 0.5) is 5.82 Å². The number of pyridine rings is 1. The number of thiophene rings is 1. The van der Waals surface area contributed by atoms with Gasteiger partial charge in [-0.05, 0) is 49.4 Å². The fourth-order valence-electron chi connectivity index (χ4n) is 4.16. The van der Waals surface area contributed by atoms with Crippen LogP contribution in [0.25, 0.3) is 10.2 Å². The van der Waals surface area contributed by atoms with Crippen molar-refractivity contribution in [2.75, 3.05) is 18.0 Å². The van der Waals surface area contributed by atoms with E-state index < -0.39 is 0 Å². The SMILES string of the molecule is c1cncc([C@@H]2CCCCN2c2ncnc3sc4c(c23)CCNC4)c1. The van der Waals surface area contributed by atoms with E-state index in [1.54, 1.807) is 6.33 Å². The van der Waals surface area contributed by atoms with Gasteiger partial charge in [-0.1, -0.05) is 6.07 Å². The lowest BCUT2D eigenvalue weighted by Crippen LogP contribution is -2.34. The molecule has 0 saturated carbocycles. The number of fused-ring (bicyclic) bond motifs is 3. The molecule has 2 aliphatic rings. The molecule has 128 valence electrons. The third-order valence-electron chi connectivity index (χ3n) is 5.33. The molecule has 0 unspecified atom stereocenters. The highest BCUT2D eigenvalue weighted by Gasteiger charge is 2.29. The molecule has 0 radical (unpaired) electrons. The molecule has 1 atom stereocenters. The average Bonchev–Trinajstić information content (AvgIpc) is 3.07. The zero-order valence-electron chi connectivity index (χ0n) is 14.1. The molecule has 2 aliphatic heterocycles. The van der Waals surface area contributed by atoms with Crippen molar-refractivity contribution in [2.24, 2.45) is 0 Å². The Labute approximate surface area is 151 Å². The summed E-state index contributed by atoms with van der Waals surface area (Å²) in [5.41, 5.74) is 2.75. The van der Waals surface area contributed by atoms with Crippen LogP contribution in [-0.2, 0) is 13.0 Å². The quantitative estimate of drug-likeness (QED) is 0.766. The van der Waals surface area contributed by atoms with Crippen LogP contribution in [0.3, 0.4) is 0 Å². The van der Waals surface area contributed by atoms with Gasteiger partial charge in [0.25, 0.3) is 0 Å². The number of hydrogen-bond donors (Lipinski definition) is 1. The number of nitrogens with one attached hydrogen (secondary N) is 1. The molecule has 6 heteroatoms. The Morgan fingerprint density at radius 2 is 2.24 bits per heavy atom. The van der Waals surface area contributed by atoms with Crippen molar-refractivity contribution < 1.29 is 0 Å². The van der Waals surface area contributed by atoms with E-state index in [0.717, 1.165) is 43.1 Å². The van der Waals surface area contributed by atoms with E-state index in [9.17, 15) is 0 Å². The van der Waals surface area contributed by atoms with Gasteiger partial charge in [-0.2, -0.15) is 0 Å². The molecule has 25 heavy (non-hydrogen) atoms. The summed E-state index contributed by atoms with van der Waals surface area (Å²) in [6.07, 6.45) is 10.3. The lowest BCUT2D eigenvalue weighted by atomic mass is 9.95. The Morgan fingerprint density at radius 1 is 1.24 bits per heavy atom. The van der Waals surface area contributed by atoms with E-state index in [2.05, 4.69) is 26.3 Å². The zero-order chi connectivity index (χ0) is 16.6. The second kappa shape index (κ2) is 6.35. The van der Waals surface area contributed by atoms with E-state index in [1.807, 2.05) is 29.8 Å². The fourth-order valence-corrected chi connectivity index (χ4v) is 5.32. The van der Waals surface area contributed by atoms with Gasteiger partial charge < -0.3 is 10.2 Å². The standard InChI is InChI=1S/C19H21N5S/c1-2-9-24(15(5-1)13-4-3-7-20-10-13)18-17-14-6-8-21-11-16(14)25-19(17)23-12-22-18/h3-4,7,10,12,15,21H,1-2,5-6,8-9,11H2/t15-/m0/s1. The summed E-state index contributed by atoms with van der Waals surface area (Å²) in [6, 6.07) is 4.59. The highest BCUT2D eigenvalue weighted by Crippen LogP contribution is 2.41. The van der Waals surface area contributed by atoms with Gasteiger partial charge in [-0.15, -0.1) is 11.3 Å². The molecule has 0 bridgehead atoms. The second-order valence-electron chi connectivity index (χ2n) is 6.80. The number of anilines is 1. The van der Waals surface area contributed by atoms with Crippen LogP contribution in [0.5, 0.6) is 0 Å². The summed E-state index contributed by atoms with van der Waals surface area (Å²) in [6.45, 7) is 3.05. The Bertz CT molecular complexity index is 891. The van der Waals surface area contributed by atoms with E-state index >= 15 is 0 Å². The smallest absolute Gasteiger partial charge is 0.141 e. The van der Waals surface area contributed by atoms with Crippen molar-refractivity contribution in [3.63, 3.8) is 0 Å². The van der Waals surface area contributed by atoms with E-state index in [0.29, 0.717) is 6.04 Å². The largest absolute Gasteiger partial charge is 0.349 e. The maximum Gasteiger partial charge on any atom is 0.141 e. The molecular weight excluding hydrogens is 330 g/mol. The molecule has 0 spiro atoms. The van der Waals surface area contributed by atoms with Gasteiger partial charge in [-0.25, -0.2) is 9.97 Å². The van der Waals surface area contributed by atoms with Crippen LogP contribution in [-0.4, -0.2) is 28.0 Å². The van der Waals surface area contributed by atoms with Crippen molar-refractivity contribution in [1.29, 1.82) is 0 Å². The first-order valence-electron chi connectivity index (χ1n) is 9.04. The van der Waals surface area contributed by atoms with Crippen LogP contribution in [0.1, 0.15) is 41.3 Å². The molecule has 5 heterocycles. The molecule has 1 fully saturated rings. The van der Waals surface area contributed by atoms with E-state index in [1.165, 1.54) is 34.2 Å². The predicted octanol–water partition coefficient (Wildman–Crippen LogP) is 3.46. The number of nitrogens with zero attached hydrogens (tertiary/aromatic N) is 4. The number of hydrogen-bond acceptors (Lipinski definition) is 6. The zero-order valence-corrected chi connectivity index (χ0v) is 14.9. The molecule has 0 aromatic carbocycles. The van der Waals surface area contributed by atoms with Gasteiger partial charge in [0.2, 0.25) is 0 Å². The molecule has 5 nitrogen and oxygen atoms in total. The molecule has 1 saturated heterocycles. The van der Waals surface area contributed by atoms with Gasteiger partial charge in [0.1, 0.15) is 17.0 Å². The summed E-state index contributed by atoms with van der Waals surface area (Å²) in [7, 11) is 0. The first-order chi connectivity index (χ1) is 12.4. The van der Waals surface area contributed by atoms with Crippen LogP contribution >= 0.6 is 11.3 Å². The second-order valence-corrected chi connectivity index (χ2v) is 7.88. The van der Waals surface area contributed by atoms with Crippen LogP contribution in [0, 0.1) is 0 Å². The van der Waals surface area contributed by atoms with Crippen LogP contribution < -0.4 is 10.2 Å². The van der Waals surface area contributed by atoms with Crippen molar-refractivity contribution in [3.05, 3.63) is 46.9 Å². The minimum absolute atomic E-state index is 0.359. The number of rotatable bonds is 2. The lowest BCUT2D eigenvalue weighted by Gasteiger charge is -2.37. The molecule has 3 aromatic heterocycles. The van der Waals surface area contributed by atoms with Gasteiger partial charge in [0.15, 0.2) is 0 Å². The minimum Gasteiger partial charge on any atom is -0.349 e. The van der Waals surface area contributed by atoms with E-state index in [4.69, 9.17) is 4.98 Å². The monoisotopic (exact) mass is 351 g/mol. The third-order valence-corrected chi connectivity index (χ3v) is 6.47. The maximum atomic E-state index is 4.77. The molecule has 0 amide bonds. The number of piperidine rings is 1. The van der Waals surface area contributed by atoms with Crippen molar-refractivity contribution >= 4 is 27.4 Å². The highest BCUT2D eigenvalue weighted by atomic mass is 32.1. The Hall–Kier alpha value is -2.05. The average molecular weight is 351 g/mol. The van der Waals surface area contributed by atoms with Crippen molar-refractivity contribution in [1.82, 2.24) is 20.3 Å². The van der Waals surface area contributed by atoms with Gasteiger partial charge in [0.05, 0.1) is 11.4 Å². The molecular formula is C19H21N5S. The Morgan fingerprint density at radius 3 is 3.16 bits per heavy atom. The van der Waals surface area contributed by atoms with Crippen molar-refractivity contribution in [3.8, 4) is 0 Å². The minimum atomic E-state index is 0.359. The van der Waals surface area contributed by atoms with Gasteiger partial charge in [-0.3, -0.25) is 4.98 Å². The first-order valence-corrected chi connectivity index (χ1v) is 9.86. The topological polar surface area (TPSA) is 53.9 Å². The predicted molar refractivity (Wildman–Crippen MR) is 101 cm³/mol.